The van der Waals surface area contributed by atoms with Crippen LogP contribution in [0.4, 0.5) is 5.69 Å². The van der Waals surface area contributed by atoms with Crippen LogP contribution >= 0.6 is 0 Å². The second-order valence-electron chi connectivity index (χ2n) is 10.4. The van der Waals surface area contributed by atoms with Crippen LogP contribution in [0, 0.1) is 23.8 Å². The monoisotopic (exact) mass is 505 g/mol. The van der Waals surface area contributed by atoms with Crippen molar-refractivity contribution < 1.29 is 14.2 Å². The van der Waals surface area contributed by atoms with Crippen LogP contribution in [0.25, 0.3) is 16.0 Å². The number of fused-ring (bicyclic) bond motifs is 3. The number of ether oxygens (including phenoxy) is 3. The van der Waals surface area contributed by atoms with Gasteiger partial charge in [-0.1, -0.05) is 49.5 Å². The van der Waals surface area contributed by atoms with E-state index in [2.05, 4.69) is 47.9 Å². The molecule has 1 heterocycles. The van der Waals surface area contributed by atoms with E-state index in [9.17, 15) is 0 Å². The van der Waals surface area contributed by atoms with Gasteiger partial charge >= 0.3 is 0 Å². The standard InChI is InChI=1S/C34H35NO3/c1-3-34(24-37-25-34)23-36-18-6-4-5-7-19-38-31-14-10-26(11-15-31)8-9-27-12-16-32-28(20-27)21-29-22-30(35-2)13-17-33(29)32/h10-17,20,22H,3-7,18-19,21,23-25H2,1H3. The summed E-state index contributed by atoms with van der Waals surface area (Å²) in [5.74, 6) is 7.47. The molecule has 1 aliphatic carbocycles. The molecule has 0 bridgehead atoms. The van der Waals surface area contributed by atoms with E-state index < -0.39 is 0 Å². The third-order valence-electron chi connectivity index (χ3n) is 7.63. The van der Waals surface area contributed by atoms with E-state index in [4.69, 9.17) is 20.8 Å². The van der Waals surface area contributed by atoms with Crippen LogP contribution in [-0.2, 0) is 15.9 Å². The van der Waals surface area contributed by atoms with Crippen molar-refractivity contribution in [2.24, 2.45) is 5.41 Å². The summed E-state index contributed by atoms with van der Waals surface area (Å²) >= 11 is 0. The highest BCUT2D eigenvalue weighted by Crippen LogP contribution is 2.38. The summed E-state index contributed by atoms with van der Waals surface area (Å²) in [7, 11) is 0. The molecule has 4 nitrogen and oxygen atoms in total. The molecule has 2 aliphatic rings. The fourth-order valence-corrected chi connectivity index (χ4v) is 5.04. The van der Waals surface area contributed by atoms with Crippen molar-refractivity contribution in [3.05, 3.63) is 94.3 Å². The van der Waals surface area contributed by atoms with E-state index >= 15 is 0 Å². The zero-order chi connectivity index (χ0) is 26.2. The van der Waals surface area contributed by atoms with Gasteiger partial charge in [-0.25, -0.2) is 4.85 Å². The lowest BCUT2D eigenvalue weighted by molar-refractivity contribution is -0.150. The average Bonchev–Trinajstić information content (AvgIpc) is 3.29. The molecule has 0 spiro atoms. The van der Waals surface area contributed by atoms with Gasteiger partial charge in [-0.3, -0.25) is 0 Å². The van der Waals surface area contributed by atoms with Crippen molar-refractivity contribution in [2.45, 2.75) is 45.4 Å². The van der Waals surface area contributed by atoms with Crippen LogP contribution in [0.1, 0.15) is 61.3 Å². The van der Waals surface area contributed by atoms with Crippen molar-refractivity contribution in [3.8, 4) is 28.7 Å². The minimum Gasteiger partial charge on any atom is -0.494 e. The fraction of sp³-hybridized carbons (Fsp3) is 0.382. The second-order valence-corrected chi connectivity index (χ2v) is 10.4. The second kappa shape index (κ2) is 12.3. The topological polar surface area (TPSA) is 32.0 Å². The number of hydrogen-bond acceptors (Lipinski definition) is 3. The molecular weight excluding hydrogens is 470 g/mol. The Morgan fingerprint density at radius 2 is 1.53 bits per heavy atom. The molecule has 194 valence electrons. The molecule has 0 aromatic heterocycles. The van der Waals surface area contributed by atoms with E-state index in [0.29, 0.717) is 5.69 Å². The first-order chi connectivity index (χ1) is 18.7. The molecule has 1 fully saturated rings. The lowest BCUT2D eigenvalue weighted by atomic mass is 9.84. The summed E-state index contributed by atoms with van der Waals surface area (Å²) in [6.07, 6.45) is 6.48. The number of rotatable bonds is 11. The van der Waals surface area contributed by atoms with Gasteiger partial charge in [0.1, 0.15) is 5.75 Å². The summed E-state index contributed by atoms with van der Waals surface area (Å²) in [5, 5.41) is 0. The van der Waals surface area contributed by atoms with Gasteiger partial charge in [0.05, 0.1) is 33.0 Å². The maximum Gasteiger partial charge on any atom is 0.187 e. The highest BCUT2D eigenvalue weighted by atomic mass is 16.5. The Morgan fingerprint density at radius 1 is 0.842 bits per heavy atom. The molecule has 4 heteroatoms. The summed E-state index contributed by atoms with van der Waals surface area (Å²) < 4.78 is 17.1. The highest BCUT2D eigenvalue weighted by Gasteiger charge is 2.36. The molecule has 0 amide bonds. The van der Waals surface area contributed by atoms with E-state index in [1.165, 1.54) is 28.7 Å². The zero-order valence-electron chi connectivity index (χ0n) is 22.2. The Kier molecular flexibility index (Phi) is 8.44. The van der Waals surface area contributed by atoms with Gasteiger partial charge < -0.3 is 14.2 Å². The predicted octanol–water partition coefficient (Wildman–Crippen LogP) is 7.59. The lowest BCUT2D eigenvalue weighted by Gasteiger charge is -2.40. The molecule has 1 aliphatic heterocycles. The first-order valence-corrected chi connectivity index (χ1v) is 13.7. The number of nitrogens with zero attached hydrogens (tertiary/aromatic N) is 1. The Bertz CT molecular complexity index is 1350. The number of hydrogen-bond donors (Lipinski definition) is 0. The molecule has 0 unspecified atom stereocenters. The predicted molar refractivity (Wildman–Crippen MR) is 152 cm³/mol. The molecule has 0 N–H and O–H groups in total. The third kappa shape index (κ3) is 6.28. The Morgan fingerprint density at radius 3 is 2.24 bits per heavy atom. The van der Waals surface area contributed by atoms with Crippen LogP contribution in [0.5, 0.6) is 5.75 Å². The highest BCUT2D eigenvalue weighted by molar-refractivity contribution is 5.79. The molecule has 3 aromatic rings. The SMILES string of the molecule is [C-]#[N+]c1ccc2c(c1)Cc1cc(C#Cc3ccc(OCCCCCCOCC4(CC)COC4)cc3)ccc1-2. The molecular formula is C34H35NO3. The molecule has 1 saturated heterocycles. The number of benzene rings is 3. The fourth-order valence-electron chi connectivity index (χ4n) is 5.04. The zero-order valence-corrected chi connectivity index (χ0v) is 22.2. The van der Waals surface area contributed by atoms with Crippen molar-refractivity contribution in [2.75, 3.05) is 33.0 Å². The van der Waals surface area contributed by atoms with Gasteiger partial charge in [0.15, 0.2) is 5.69 Å². The lowest BCUT2D eigenvalue weighted by Crippen LogP contribution is -2.45. The Labute approximate surface area is 226 Å². The minimum absolute atomic E-state index is 0.287. The first-order valence-electron chi connectivity index (χ1n) is 13.7. The van der Waals surface area contributed by atoms with Gasteiger partial charge in [0, 0.05) is 23.1 Å². The van der Waals surface area contributed by atoms with Gasteiger partial charge in [0.25, 0.3) is 0 Å². The van der Waals surface area contributed by atoms with Crippen molar-refractivity contribution in [1.29, 1.82) is 0 Å². The number of unbranched alkanes of at least 4 members (excludes halogenated alkanes) is 3. The van der Waals surface area contributed by atoms with Crippen LogP contribution < -0.4 is 4.74 Å². The molecule has 0 radical (unpaired) electrons. The Balaban J connectivity index is 1.02. The first kappa shape index (κ1) is 26.1. The molecule has 38 heavy (non-hydrogen) atoms. The summed E-state index contributed by atoms with van der Waals surface area (Å²) in [5.41, 5.74) is 7.95. The normalized spacial score (nSPS) is 14.4. The van der Waals surface area contributed by atoms with E-state index in [1.54, 1.807) is 0 Å². The maximum atomic E-state index is 7.25. The van der Waals surface area contributed by atoms with E-state index in [1.807, 2.05) is 36.4 Å². The maximum absolute atomic E-state index is 7.25. The minimum atomic E-state index is 0.287. The van der Waals surface area contributed by atoms with Crippen LogP contribution in [0.3, 0.4) is 0 Å². The van der Waals surface area contributed by atoms with E-state index in [0.717, 1.165) is 82.0 Å². The van der Waals surface area contributed by atoms with Crippen molar-refractivity contribution >= 4 is 5.69 Å². The quantitative estimate of drug-likeness (QED) is 0.120. The van der Waals surface area contributed by atoms with E-state index in [-0.39, 0.29) is 5.41 Å². The molecule has 0 atom stereocenters. The molecule has 3 aromatic carbocycles. The third-order valence-corrected chi connectivity index (χ3v) is 7.63. The summed E-state index contributed by atoms with van der Waals surface area (Å²) in [6, 6.07) is 20.4. The Hall–Kier alpha value is -3.57. The summed E-state index contributed by atoms with van der Waals surface area (Å²) in [4.78, 5) is 3.56. The summed E-state index contributed by atoms with van der Waals surface area (Å²) in [6.45, 7) is 13.6. The molecule has 5 rings (SSSR count). The van der Waals surface area contributed by atoms with Crippen LogP contribution in [0.15, 0.2) is 60.7 Å². The average molecular weight is 506 g/mol. The van der Waals surface area contributed by atoms with Crippen LogP contribution in [0.2, 0.25) is 0 Å². The van der Waals surface area contributed by atoms with Gasteiger partial charge in [-0.15, -0.1) is 0 Å². The molecule has 0 saturated carbocycles. The largest absolute Gasteiger partial charge is 0.494 e. The van der Waals surface area contributed by atoms with Gasteiger partial charge in [0.2, 0.25) is 0 Å². The van der Waals surface area contributed by atoms with Gasteiger partial charge in [-0.05, 0) is 90.8 Å². The van der Waals surface area contributed by atoms with Crippen LogP contribution in [-0.4, -0.2) is 33.0 Å². The van der Waals surface area contributed by atoms with Crippen molar-refractivity contribution in [3.63, 3.8) is 0 Å². The van der Waals surface area contributed by atoms with Crippen molar-refractivity contribution in [1.82, 2.24) is 0 Å². The van der Waals surface area contributed by atoms with Gasteiger partial charge in [-0.2, -0.15) is 0 Å². The smallest absolute Gasteiger partial charge is 0.187 e.